The number of phenols is 1. The SMILES string of the molecule is CCCCCCCCCC(CCCCCCC)C1c2ccccc2-c2ccc(-c3ccc4c(c3)C(C)(C)c3cc(-c5ccc6c(c5)C(C)(C)c5cc(-c7ccc(Nc8c(-c9ccccc9)cc(-c9ccccc9)cc8-c8ccccc8)c(O)c7)ccc5-6)ccc3-4)cc21. The normalized spacial score (nSPS) is 14.7. The van der Waals surface area contributed by atoms with Gasteiger partial charge in [-0.3, -0.25) is 0 Å². The van der Waals surface area contributed by atoms with Gasteiger partial charge in [0.15, 0.2) is 0 Å². The lowest BCUT2D eigenvalue weighted by Gasteiger charge is -2.27. The van der Waals surface area contributed by atoms with Crippen molar-refractivity contribution in [2.45, 2.75) is 148 Å². The second-order valence-corrected chi connectivity index (χ2v) is 27.9. The fourth-order valence-corrected chi connectivity index (χ4v) is 16.2. The number of fused-ring (bicyclic) bond motifs is 9. The van der Waals surface area contributed by atoms with Crippen molar-refractivity contribution in [3.8, 4) is 106 Å². The van der Waals surface area contributed by atoms with Gasteiger partial charge in [0.2, 0.25) is 0 Å². The highest BCUT2D eigenvalue weighted by molar-refractivity contribution is 5.98. The van der Waals surface area contributed by atoms with E-state index in [9.17, 15) is 5.11 Å². The van der Waals surface area contributed by atoms with Crippen molar-refractivity contribution in [1.82, 2.24) is 0 Å². The Balaban J connectivity index is 0.718. The minimum Gasteiger partial charge on any atom is -0.506 e. The van der Waals surface area contributed by atoms with Crippen LogP contribution in [0.1, 0.15) is 171 Å². The maximum absolute atomic E-state index is 12.0. The first-order valence-corrected chi connectivity index (χ1v) is 34.8. The topological polar surface area (TPSA) is 32.3 Å². The smallest absolute Gasteiger partial charge is 0.139 e. The fourth-order valence-electron chi connectivity index (χ4n) is 16.2. The molecule has 2 unspecified atom stereocenters. The third kappa shape index (κ3) is 11.5. The molecule has 0 saturated heterocycles. The van der Waals surface area contributed by atoms with Crippen LogP contribution in [0.25, 0.3) is 100 Å². The Hall–Kier alpha value is -8.98. The maximum Gasteiger partial charge on any atom is 0.139 e. The molecule has 92 heavy (non-hydrogen) atoms. The van der Waals surface area contributed by atoms with Crippen LogP contribution in [-0.2, 0) is 10.8 Å². The quantitative estimate of drug-likeness (QED) is 0.0494. The van der Waals surface area contributed by atoms with E-state index < -0.39 is 0 Å². The highest BCUT2D eigenvalue weighted by Crippen LogP contribution is 2.56. The molecule has 0 saturated carbocycles. The third-order valence-corrected chi connectivity index (χ3v) is 21.3. The van der Waals surface area contributed by atoms with Crippen LogP contribution in [-0.4, -0.2) is 5.11 Å². The van der Waals surface area contributed by atoms with E-state index in [-0.39, 0.29) is 16.6 Å². The molecule has 2 N–H and O–H groups in total. The van der Waals surface area contributed by atoms with Crippen molar-refractivity contribution in [3.63, 3.8) is 0 Å². The van der Waals surface area contributed by atoms with Gasteiger partial charge in [0.05, 0.1) is 11.4 Å². The molecule has 14 rings (SSSR count). The molecule has 3 aliphatic carbocycles. The summed E-state index contributed by atoms with van der Waals surface area (Å²) in [5, 5.41) is 15.8. The molecule has 2 nitrogen and oxygen atoms in total. The summed E-state index contributed by atoms with van der Waals surface area (Å²) >= 11 is 0. The summed E-state index contributed by atoms with van der Waals surface area (Å²) in [6.45, 7) is 14.3. The summed E-state index contributed by atoms with van der Waals surface area (Å²) in [6, 6.07) is 87.8. The molecule has 11 aromatic carbocycles. The Kier molecular flexibility index (Phi) is 17.1. The molecule has 460 valence electrons. The number of hydrogen-bond donors (Lipinski definition) is 2. The van der Waals surface area contributed by atoms with Gasteiger partial charge in [0.1, 0.15) is 5.75 Å². The molecule has 0 spiro atoms. The third-order valence-electron chi connectivity index (χ3n) is 21.3. The van der Waals surface area contributed by atoms with Gasteiger partial charge in [0.25, 0.3) is 0 Å². The Morgan fingerprint density at radius 2 is 0.685 bits per heavy atom. The Morgan fingerprint density at radius 1 is 0.315 bits per heavy atom. The fraction of sp³-hybridized carbons (Fsp3) is 0.267. The molecule has 0 bridgehead atoms. The van der Waals surface area contributed by atoms with Crippen molar-refractivity contribution < 1.29 is 5.11 Å². The second-order valence-electron chi connectivity index (χ2n) is 27.9. The molecule has 0 amide bonds. The lowest BCUT2D eigenvalue weighted by atomic mass is 9.77. The van der Waals surface area contributed by atoms with Gasteiger partial charge in [-0.15, -0.1) is 0 Å². The number of hydrogen-bond acceptors (Lipinski definition) is 2. The average molecular weight is 1200 g/mol. The summed E-state index contributed by atoms with van der Waals surface area (Å²) in [6.07, 6.45) is 18.9. The van der Waals surface area contributed by atoms with Crippen LogP contribution < -0.4 is 5.32 Å². The molecule has 3 aliphatic rings. The standard InChI is InChI=1S/C90H89NO/c1-7-9-11-13-14-16-21-37-63(36-20-15-12-10-8-2)87-77-39-29-28-38-71(77)72-46-40-64(52-80(72)87)65-41-47-73-74-48-42-66(56-82(74)89(3,4)81(73)55-65)67-43-49-75-76-50-44-68(58-84(76)90(5,6)83(75)57-67)69-45-51-85(86(92)59-69)91-88-78(61-32-24-18-25-33-61)53-70(60-30-22-17-23-31-60)54-79(88)62-34-26-19-27-35-62/h17-19,22-35,38-59,63,87,91-92H,7-16,20-21,36-37H2,1-6H3. The first-order chi connectivity index (χ1) is 45.0. The first kappa shape index (κ1) is 60.6. The van der Waals surface area contributed by atoms with E-state index in [4.69, 9.17) is 0 Å². The van der Waals surface area contributed by atoms with Gasteiger partial charge in [-0.25, -0.2) is 0 Å². The second kappa shape index (κ2) is 26.0. The molecule has 0 aliphatic heterocycles. The minimum absolute atomic E-state index is 0.179. The van der Waals surface area contributed by atoms with Crippen LogP contribution in [0.15, 0.2) is 237 Å². The van der Waals surface area contributed by atoms with Gasteiger partial charge >= 0.3 is 0 Å². The predicted octanol–water partition coefficient (Wildman–Crippen LogP) is 26.0. The number of unbranched alkanes of at least 4 members (excludes halogenated alkanes) is 10. The van der Waals surface area contributed by atoms with E-state index >= 15 is 0 Å². The van der Waals surface area contributed by atoms with Crippen molar-refractivity contribution in [3.05, 3.63) is 270 Å². The zero-order chi connectivity index (χ0) is 62.9. The lowest BCUT2D eigenvalue weighted by Crippen LogP contribution is -2.15. The molecular weight excluding hydrogens is 1110 g/mol. The molecular formula is C90H89NO. The van der Waals surface area contributed by atoms with Crippen LogP contribution >= 0.6 is 0 Å². The highest BCUT2D eigenvalue weighted by Gasteiger charge is 2.39. The first-order valence-electron chi connectivity index (χ1n) is 34.8. The molecule has 0 radical (unpaired) electrons. The van der Waals surface area contributed by atoms with Gasteiger partial charge in [-0.05, 0) is 196 Å². The maximum atomic E-state index is 12.0. The molecule has 0 heterocycles. The molecule has 2 atom stereocenters. The number of phenolic OH excluding ortho intramolecular Hbond substituents is 1. The van der Waals surface area contributed by atoms with Crippen LogP contribution in [0.3, 0.4) is 0 Å². The van der Waals surface area contributed by atoms with E-state index in [1.54, 1.807) is 11.1 Å². The van der Waals surface area contributed by atoms with Crippen LogP contribution in [0.4, 0.5) is 11.4 Å². The summed E-state index contributed by atoms with van der Waals surface area (Å²) in [5.41, 5.74) is 31.7. The van der Waals surface area contributed by atoms with Crippen LogP contribution in [0.5, 0.6) is 5.75 Å². The number of benzene rings is 11. The van der Waals surface area contributed by atoms with Gasteiger partial charge in [0, 0.05) is 27.9 Å². The van der Waals surface area contributed by atoms with Crippen molar-refractivity contribution >= 4 is 11.4 Å². The monoisotopic (exact) mass is 1200 g/mol. The predicted molar refractivity (Wildman–Crippen MR) is 392 cm³/mol. The van der Waals surface area contributed by atoms with Crippen LogP contribution in [0.2, 0.25) is 0 Å². The number of rotatable bonds is 23. The van der Waals surface area contributed by atoms with E-state index in [0.29, 0.717) is 17.5 Å². The van der Waals surface area contributed by atoms with E-state index in [2.05, 4.69) is 271 Å². The molecule has 2 heteroatoms. The molecule has 11 aromatic rings. The summed E-state index contributed by atoms with van der Waals surface area (Å²) in [7, 11) is 0. The zero-order valence-corrected chi connectivity index (χ0v) is 55.0. The van der Waals surface area contributed by atoms with Crippen molar-refractivity contribution in [1.29, 1.82) is 0 Å². The van der Waals surface area contributed by atoms with E-state index in [1.807, 2.05) is 12.1 Å². The summed E-state index contributed by atoms with van der Waals surface area (Å²) in [4.78, 5) is 0. The number of nitrogens with one attached hydrogen (secondary N) is 1. The van der Waals surface area contributed by atoms with Gasteiger partial charge < -0.3 is 10.4 Å². The zero-order valence-electron chi connectivity index (χ0n) is 55.0. The molecule has 0 fully saturated rings. The number of aromatic hydroxyl groups is 1. The lowest BCUT2D eigenvalue weighted by molar-refractivity contribution is 0.371. The largest absolute Gasteiger partial charge is 0.506 e. The average Bonchev–Trinajstić information content (AvgIpc) is 1.57. The Labute approximate surface area is 548 Å². The number of anilines is 2. The summed E-state index contributed by atoms with van der Waals surface area (Å²) < 4.78 is 0. The van der Waals surface area contributed by atoms with Crippen molar-refractivity contribution in [2.75, 3.05) is 5.32 Å². The van der Waals surface area contributed by atoms with Crippen molar-refractivity contribution in [2.24, 2.45) is 5.92 Å². The summed E-state index contributed by atoms with van der Waals surface area (Å²) in [5.74, 6) is 1.30. The van der Waals surface area contributed by atoms with E-state index in [1.165, 1.54) is 168 Å². The Morgan fingerprint density at radius 3 is 1.14 bits per heavy atom. The minimum atomic E-state index is -0.250. The van der Waals surface area contributed by atoms with Gasteiger partial charge in [-0.1, -0.05) is 301 Å². The van der Waals surface area contributed by atoms with E-state index in [0.717, 1.165) is 50.2 Å². The van der Waals surface area contributed by atoms with Gasteiger partial charge in [-0.2, -0.15) is 0 Å². The Bertz CT molecular complexity index is 4410. The van der Waals surface area contributed by atoms with Crippen LogP contribution in [0, 0.1) is 5.92 Å². The highest BCUT2D eigenvalue weighted by atomic mass is 16.3. The molecule has 0 aromatic heterocycles.